The lowest BCUT2D eigenvalue weighted by Gasteiger charge is -2.32. The first-order chi connectivity index (χ1) is 14.1. The molecule has 0 spiro atoms. The SMILES string of the molecule is O=C(c1cc([N+](=O)[O-])ccc1Oc1ccccc1)N1CCC[C@H](c2nccs2)C1. The Bertz CT molecular complexity index is 1010. The standard InChI is InChI=1S/C21H19N3O4S/c25-21(23-11-4-5-15(14-23)20-22-10-12-29-20)18-13-16(24(26)27)8-9-19(18)28-17-6-2-1-3-7-17/h1-3,6-10,12-13,15H,4-5,11,14H2/t15-/m0/s1. The number of amides is 1. The Hall–Kier alpha value is -3.26. The number of nitrogens with zero attached hydrogens (tertiary/aromatic N) is 3. The van der Waals surface area contributed by atoms with Crippen molar-refractivity contribution in [2.24, 2.45) is 0 Å². The number of piperidine rings is 1. The first kappa shape index (κ1) is 19.1. The van der Waals surface area contributed by atoms with E-state index in [1.54, 1.807) is 34.6 Å². The topological polar surface area (TPSA) is 85.6 Å². The van der Waals surface area contributed by atoms with Gasteiger partial charge in [0, 0.05) is 42.7 Å². The molecule has 0 bridgehead atoms. The normalized spacial score (nSPS) is 16.4. The molecule has 3 aromatic rings. The van der Waals surface area contributed by atoms with Crippen LogP contribution in [0.2, 0.25) is 0 Å². The summed E-state index contributed by atoms with van der Waals surface area (Å²) in [5, 5.41) is 14.2. The number of benzene rings is 2. The van der Waals surface area contributed by atoms with Crippen LogP contribution < -0.4 is 4.74 Å². The first-order valence-corrected chi connectivity index (χ1v) is 10.2. The van der Waals surface area contributed by atoms with Crippen LogP contribution in [0.4, 0.5) is 5.69 Å². The largest absolute Gasteiger partial charge is 0.457 e. The van der Waals surface area contributed by atoms with E-state index in [0.717, 1.165) is 17.8 Å². The van der Waals surface area contributed by atoms with E-state index >= 15 is 0 Å². The molecule has 1 saturated heterocycles. The predicted octanol–water partition coefficient (Wildman–Crippen LogP) is 4.86. The Labute approximate surface area is 171 Å². The number of hydrogen-bond acceptors (Lipinski definition) is 6. The van der Waals surface area contributed by atoms with Gasteiger partial charge in [-0.1, -0.05) is 18.2 Å². The van der Waals surface area contributed by atoms with Crippen LogP contribution >= 0.6 is 11.3 Å². The number of nitro groups is 1. The highest BCUT2D eigenvalue weighted by atomic mass is 32.1. The lowest BCUT2D eigenvalue weighted by Crippen LogP contribution is -2.39. The van der Waals surface area contributed by atoms with E-state index in [1.807, 2.05) is 23.6 Å². The number of nitro benzene ring substituents is 1. The van der Waals surface area contributed by atoms with Gasteiger partial charge in [0.05, 0.1) is 15.5 Å². The highest BCUT2D eigenvalue weighted by molar-refractivity contribution is 7.09. The lowest BCUT2D eigenvalue weighted by molar-refractivity contribution is -0.384. The van der Waals surface area contributed by atoms with Crippen molar-refractivity contribution in [1.29, 1.82) is 0 Å². The molecule has 1 aromatic heterocycles. The van der Waals surface area contributed by atoms with Crippen LogP contribution in [-0.2, 0) is 0 Å². The van der Waals surface area contributed by atoms with E-state index in [1.165, 1.54) is 18.2 Å². The molecule has 0 saturated carbocycles. The van der Waals surface area contributed by atoms with Gasteiger partial charge in [0.15, 0.2) is 0 Å². The van der Waals surface area contributed by atoms with Crippen molar-refractivity contribution in [2.75, 3.05) is 13.1 Å². The molecule has 0 aliphatic carbocycles. The van der Waals surface area contributed by atoms with Gasteiger partial charge in [-0.3, -0.25) is 14.9 Å². The van der Waals surface area contributed by atoms with E-state index in [0.29, 0.717) is 24.6 Å². The fourth-order valence-electron chi connectivity index (χ4n) is 3.47. The van der Waals surface area contributed by atoms with Crippen LogP contribution in [0.3, 0.4) is 0 Å². The third-order valence-electron chi connectivity index (χ3n) is 4.88. The Balaban J connectivity index is 1.63. The number of ether oxygens (including phenoxy) is 1. The van der Waals surface area contributed by atoms with Crippen molar-refractivity contribution in [2.45, 2.75) is 18.8 Å². The molecule has 7 nitrogen and oxygen atoms in total. The zero-order chi connectivity index (χ0) is 20.2. The average Bonchev–Trinajstić information content (AvgIpc) is 3.29. The number of carbonyl (C=O) groups is 1. The van der Waals surface area contributed by atoms with Crippen LogP contribution in [0.15, 0.2) is 60.1 Å². The second-order valence-electron chi connectivity index (χ2n) is 6.81. The summed E-state index contributed by atoms with van der Waals surface area (Å²) in [4.78, 5) is 30.2. The quantitative estimate of drug-likeness (QED) is 0.444. The van der Waals surface area contributed by atoms with Crippen molar-refractivity contribution >= 4 is 22.9 Å². The smallest absolute Gasteiger partial charge is 0.270 e. The summed E-state index contributed by atoms with van der Waals surface area (Å²) in [6.45, 7) is 1.15. The third-order valence-corrected chi connectivity index (χ3v) is 5.82. The minimum Gasteiger partial charge on any atom is -0.457 e. The van der Waals surface area contributed by atoms with Crippen LogP contribution in [0.5, 0.6) is 11.5 Å². The van der Waals surface area contributed by atoms with Crippen molar-refractivity contribution in [3.63, 3.8) is 0 Å². The summed E-state index contributed by atoms with van der Waals surface area (Å²) in [5.41, 5.74) is 0.0603. The molecule has 1 fully saturated rings. The summed E-state index contributed by atoms with van der Waals surface area (Å²) in [6.07, 6.45) is 3.60. The highest BCUT2D eigenvalue weighted by Gasteiger charge is 2.29. The van der Waals surface area contributed by atoms with E-state index in [-0.39, 0.29) is 23.1 Å². The maximum Gasteiger partial charge on any atom is 0.270 e. The summed E-state index contributed by atoms with van der Waals surface area (Å²) in [5.74, 6) is 0.795. The molecule has 8 heteroatoms. The number of non-ortho nitro benzene ring substituents is 1. The van der Waals surface area contributed by atoms with E-state index in [9.17, 15) is 14.9 Å². The second-order valence-corrected chi connectivity index (χ2v) is 7.74. The van der Waals surface area contributed by atoms with Gasteiger partial charge in [0.25, 0.3) is 11.6 Å². The zero-order valence-electron chi connectivity index (χ0n) is 15.6. The monoisotopic (exact) mass is 409 g/mol. The van der Waals surface area contributed by atoms with E-state index in [2.05, 4.69) is 4.98 Å². The Morgan fingerprint density at radius 2 is 2.07 bits per heavy atom. The Kier molecular flexibility index (Phi) is 5.53. The maximum absolute atomic E-state index is 13.3. The molecule has 0 radical (unpaired) electrons. The number of rotatable bonds is 5. The fraction of sp³-hybridized carbons (Fsp3) is 0.238. The highest BCUT2D eigenvalue weighted by Crippen LogP contribution is 2.33. The summed E-state index contributed by atoms with van der Waals surface area (Å²) in [6, 6.07) is 13.2. The first-order valence-electron chi connectivity index (χ1n) is 9.32. The number of likely N-dealkylation sites (tertiary alicyclic amines) is 1. The molecular formula is C21H19N3O4S. The van der Waals surface area contributed by atoms with Crippen molar-refractivity contribution in [3.05, 3.63) is 80.8 Å². The van der Waals surface area contributed by atoms with Gasteiger partial charge in [-0.2, -0.15) is 0 Å². The Morgan fingerprint density at radius 1 is 1.24 bits per heavy atom. The summed E-state index contributed by atoms with van der Waals surface area (Å²) < 4.78 is 5.87. The van der Waals surface area contributed by atoms with Gasteiger partial charge >= 0.3 is 0 Å². The van der Waals surface area contributed by atoms with Crippen LogP contribution in [0.25, 0.3) is 0 Å². The third kappa shape index (κ3) is 4.27. The Morgan fingerprint density at radius 3 is 2.79 bits per heavy atom. The number of carbonyl (C=O) groups excluding carboxylic acids is 1. The molecule has 4 rings (SSSR count). The molecule has 1 amide bonds. The van der Waals surface area contributed by atoms with E-state index < -0.39 is 4.92 Å². The summed E-state index contributed by atoms with van der Waals surface area (Å²) >= 11 is 1.59. The lowest BCUT2D eigenvalue weighted by atomic mass is 9.98. The van der Waals surface area contributed by atoms with Gasteiger partial charge in [-0.25, -0.2) is 4.98 Å². The molecule has 0 unspecified atom stereocenters. The molecule has 2 heterocycles. The van der Waals surface area contributed by atoms with E-state index in [4.69, 9.17) is 4.74 Å². The molecule has 29 heavy (non-hydrogen) atoms. The molecule has 0 N–H and O–H groups in total. The summed E-state index contributed by atoms with van der Waals surface area (Å²) in [7, 11) is 0. The molecule has 1 atom stereocenters. The fourth-order valence-corrected chi connectivity index (χ4v) is 4.24. The number of para-hydroxylation sites is 1. The number of thiazole rings is 1. The van der Waals surface area contributed by atoms with Crippen LogP contribution in [0, 0.1) is 10.1 Å². The van der Waals surface area contributed by atoms with Gasteiger partial charge in [-0.05, 0) is 31.0 Å². The predicted molar refractivity (Wildman–Crippen MR) is 110 cm³/mol. The average molecular weight is 409 g/mol. The molecule has 1 aliphatic rings. The number of aromatic nitrogens is 1. The van der Waals surface area contributed by atoms with Gasteiger partial charge in [0.1, 0.15) is 11.5 Å². The molecular weight excluding hydrogens is 390 g/mol. The van der Waals surface area contributed by atoms with Crippen LogP contribution in [0.1, 0.15) is 34.1 Å². The minimum absolute atomic E-state index is 0.137. The van der Waals surface area contributed by atoms with Crippen molar-refractivity contribution in [1.82, 2.24) is 9.88 Å². The molecule has 148 valence electrons. The molecule has 1 aliphatic heterocycles. The van der Waals surface area contributed by atoms with Gasteiger partial charge < -0.3 is 9.64 Å². The number of hydrogen-bond donors (Lipinski definition) is 0. The van der Waals surface area contributed by atoms with Crippen LogP contribution in [-0.4, -0.2) is 33.8 Å². The van der Waals surface area contributed by atoms with Gasteiger partial charge in [0.2, 0.25) is 0 Å². The minimum atomic E-state index is -0.502. The molecule has 2 aromatic carbocycles. The van der Waals surface area contributed by atoms with Gasteiger partial charge in [-0.15, -0.1) is 11.3 Å². The maximum atomic E-state index is 13.3. The zero-order valence-corrected chi connectivity index (χ0v) is 16.4. The van der Waals surface area contributed by atoms with Crippen molar-refractivity contribution < 1.29 is 14.5 Å². The van der Waals surface area contributed by atoms with Crippen molar-refractivity contribution in [3.8, 4) is 11.5 Å². The second kappa shape index (κ2) is 8.40.